The first-order chi connectivity index (χ1) is 9.52. The summed E-state index contributed by atoms with van der Waals surface area (Å²) in [6.45, 7) is 1.76. The fraction of sp³-hybridized carbons (Fsp3) is 0.333. The quantitative estimate of drug-likeness (QED) is 0.585. The Bertz CT molecular complexity index is 655. The van der Waals surface area contributed by atoms with Gasteiger partial charge in [-0.05, 0) is 12.5 Å². The Morgan fingerprint density at radius 1 is 1.55 bits per heavy atom. The highest BCUT2D eigenvalue weighted by Crippen LogP contribution is 2.23. The second kappa shape index (κ2) is 5.91. The lowest BCUT2D eigenvalue weighted by Gasteiger charge is -2.15. The number of aromatic nitrogens is 2. The molecule has 0 N–H and O–H groups in total. The van der Waals surface area contributed by atoms with Crippen molar-refractivity contribution in [1.29, 1.82) is 0 Å². The number of nitro groups is 1. The first kappa shape index (κ1) is 14.3. The van der Waals surface area contributed by atoms with E-state index in [2.05, 4.69) is 5.10 Å². The molecule has 8 heteroatoms. The van der Waals surface area contributed by atoms with Crippen LogP contribution in [0, 0.1) is 10.1 Å². The van der Waals surface area contributed by atoms with Gasteiger partial charge < -0.3 is 9.90 Å². The molecule has 0 aliphatic rings. The normalized spacial score (nSPS) is 12.4. The molecule has 106 valence electrons. The van der Waals surface area contributed by atoms with E-state index in [9.17, 15) is 20.0 Å². The third kappa shape index (κ3) is 2.90. The summed E-state index contributed by atoms with van der Waals surface area (Å²) in [6.07, 6.45) is 2.05. The van der Waals surface area contributed by atoms with Gasteiger partial charge in [0.25, 0.3) is 5.69 Å². The molecule has 0 saturated heterocycles. The number of thioether (sulfide) groups is 1. The maximum absolute atomic E-state index is 10.8. The molecule has 0 aliphatic heterocycles. The van der Waals surface area contributed by atoms with Crippen molar-refractivity contribution in [2.75, 3.05) is 0 Å². The first-order valence-corrected chi connectivity index (χ1v) is 7.00. The zero-order valence-electron chi connectivity index (χ0n) is 10.7. The van der Waals surface area contributed by atoms with Crippen LogP contribution in [0.2, 0.25) is 0 Å². The van der Waals surface area contributed by atoms with E-state index in [-0.39, 0.29) is 5.69 Å². The van der Waals surface area contributed by atoms with Gasteiger partial charge in [0.1, 0.15) is 0 Å². The van der Waals surface area contributed by atoms with Crippen molar-refractivity contribution in [2.45, 2.75) is 24.5 Å². The lowest BCUT2D eigenvalue weighted by Crippen LogP contribution is -2.33. The molecule has 1 unspecified atom stereocenters. The van der Waals surface area contributed by atoms with Gasteiger partial charge in [0.05, 0.1) is 28.5 Å². The van der Waals surface area contributed by atoms with Crippen LogP contribution in [-0.4, -0.2) is 25.9 Å². The van der Waals surface area contributed by atoms with E-state index in [1.54, 1.807) is 23.9 Å². The highest BCUT2D eigenvalue weighted by Gasteiger charge is 2.12. The zero-order chi connectivity index (χ0) is 14.7. The molecule has 0 fully saturated rings. The van der Waals surface area contributed by atoms with Gasteiger partial charge >= 0.3 is 0 Å². The summed E-state index contributed by atoms with van der Waals surface area (Å²) in [5, 5.41) is 25.9. The van der Waals surface area contributed by atoms with Crippen LogP contribution in [0.3, 0.4) is 0 Å². The Kier molecular flexibility index (Phi) is 4.23. The summed E-state index contributed by atoms with van der Waals surface area (Å²) < 4.78 is 1.55. The standard InChI is InChI=1S/C12H13N3O4S/c1-2-11(12(16)17)20-7-14-10-5-9(15(18)19)4-3-8(10)6-13-14/h3-6,11H,2,7H2,1H3,(H,16,17)/p-1. The number of carboxylic acid groups (broad SMARTS) is 1. The zero-order valence-corrected chi connectivity index (χ0v) is 11.5. The molecule has 0 spiro atoms. The highest BCUT2D eigenvalue weighted by atomic mass is 32.2. The topological polar surface area (TPSA) is 101 Å². The minimum absolute atomic E-state index is 0.0174. The van der Waals surface area contributed by atoms with Crippen LogP contribution in [0.1, 0.15) is 13.3 Å². The molecular formula is C12H12N3O4S-. The van der Waals surface area contributed by atoms with Crippen LogP contribution >= 0.6 is 11.8 Å². The molecule has 0 aliphatic carbocycles. The fourth-order valence-electron chi connectivity index (χ4n) is 1.79. The molecule has 1 heterocycles. The van der Waals surface area contributed by atoms with Crippen molar-refractivity contribution in [1.82, 2.24) is 9.78 Å². The Hall–Kier alpha value is -2.09. The molecule has 2 aromatic rings. The van der Waals surface area contributed by atoms with Crippen molar-refractivity contribution >= 4 is 34.3 Å². The fourth-order valence-corrected chi connectivity index (χ4v) is 2.69. The number of benzene rings is 1. The number of nitro benzene ring substituents is 1. The number of non-ortho nitro benzene ring substituents is 1. The van der Waals surface area contributed by atoms with E-state index in [0.29, 0.717) is 17.8 Å². The summed E-state index contributed by atoms with van der Waals surface area (Å²) in [7, 11) is 0. The maximum Gasteiger partial charge on any atom is 0.271 e. The summed E-state index contributed by atoms with van der Waals surface area (Å²) >= 11 is 1.19. The van der Waals surface area contributed by atoms with Crippen molar-refractivity contribution < 1.29 is 14.8 Å². The molecule has 2 rings (SSSR count). The maximum atomic E-state index is 10.8. The van der Waals surface area contributed by atoms with Gasteiger partial charge in [0.2, 0.25) is 0 Å². The molecule has 20 heavy (non-hydrogen) atoms. The van der Waals surface area contributed by atoms with Gasteiger partial charge in [0, 0.05) is 22.8 Å². The van der Waals surface area contributed by atoms with E-state index < -0.39 is 16.1 Å². The van der Waals surface area contributed by atoms with Crippen LogP contribution in [0.4, 0.5) is 5.69 Å². The van der Waals surface area contributed by atoms with Gasteiger partial charge in [-0.15, -0.1) is 11.8 Å². The third-order valence-electron chi connectivity index (χ3n) is 2.87. The predicted molar refractivity (Wildman–Crippen MR) is 73.1 cm³/mol. The largest absolute Gasteiger partial charge is 0.549 e. The second-order valence-electron chi connectivity index (χ2n) is 4.16. The minimum Gasteiger partial charge on any atom is -0.549 e. The van der Waals surface area contributed by atoms with Crippen LogP contribution in [0.5, 0.6) is 0 Å². The van der Waals surface area contributed by atoms with Crippen LogP contribution < -0.4 is 5.11 Å². The molecule has 1 atom stereocenters. The molecule has 0 saturated carbocycles. The number of aliphatic carboxylic acids is 1. The lowest BCUT2D eigenvalue weighted by atomic mass is 10.2. The monoisotopic (exact) mass is 294 g/mol. The molecular weight excluding hydrogens is 282 g/mol. The average molecular weight is 294 g/mol. The summed E-state index contributed by atoms with van der Waals surface area (Å²) in [4.78, 5) is 21.1. The number of nitrogens with zero attached hydrogens (tertiary/aromatic N) is 3. The van der Waals surface area contributed by atoms with Gasteiger partial charge in [-0.25, -0.2) is 0 Å². The number of carbonyl (C=O) groups excluding carboxylic acids is 1. The van der Waals surface area contributed by atoms with Crippen molar-refractivity contribution in [2.24, 2.45) is 0 Å². The SMILES string of the molecule is CCC(SCn1ncc2ccc([N+](=O)[O-])cc21)C(=O)[O-]. The van der Waals surface area contributed by atoms with Crippen LogP contribution in [0.15, 0.2) is 24.4 Å². The van der Waals surface area contributed by atoms with Gasteiger partial charge in [-0.3, -0.25) is 14.8 Å². The number of hydrogen-bond donors (Lipinski definition) is 0. The van der Waals surface area contributed by atoms with Crippen molar-refractivity contribution in [3.63, 3.8) is 0 Å². The van der Waals surface area contributed by atoms with Gasteiger partial charge in [-0.1, -0.05) is 6.92 Å². The second-order valence-corrected chi connectivity index (χ2v) is 5.32. The van der Waals surface area contributed by atoms with Gasteiger partial charge in [0.15, 0.2) is 0 Å². The number of rotatable bonds is 6. The Morgan fingerprint density at radius 3 is 2.90 bits per heavy atom. The lowest BCUT2D eigenvalue weighted by molar-refractivity contribution is -0.384. The van der Waals surface area contributed by atoms with Crippen molar-refractivity contribution in [3.8, 4) is 0 Å². The van der Waals surface area contributed by atoms with E-state index in [1.807, 2.05) is 0 Å². The molecule has 0 bridgehead atoms. The van der Waals surface area contributed by atoms with Crippen molar-refractivity contribution in [3.05, 3.63) is 34.5 Å². The number of carboxylic acids is 1. The average Bonchev–Trinajstić information content (AvgIpc) is 2.81. The summed E-state index contributed by atoms with van der Waals surface area (Å²) in [6, 6.07) is 4.47. The van der Waals surface area contributed by atoms with E-state index in [1.165, 1.54) is 23.9 Å². The molecule has 7 nitrogen and oxygen atoms in total. The minimum atomic E-state index is -1.11. The van der Waals surface area contributed by atoms with E-state index >= 15 is 0 Å². The summed E-state index contributed by atoms with van der Waals surface area (Å²) in [5.74, 6) is -0.808. The first-order valence-electron chi connectivity index (χ1n) is 5.95. The highest BCUT2D eigenvalue weighted by molar-refractivity contribution is 7.99. The number of fused-ring (bicyclic) bond motifs is 1. The summed E-state index contributed by atoms with van der Waals surface area (Å²) in [5.41, 5.74) is 0.594. The Balaban J connectivity index is 2.24. The number of hydrogen-bond acceptors (Lipinski definition) is 6. The molecule has 1 aromatic carbocycles. The predicted octanol–water partition coefficient (Wildman–Crippen LogP) is 1.16. The van der Waals surface area contributed by atoms with Crippen LogP contribution in [0.25, 0.3) is 10.9 Å². The number of carbonyl (C=O) groups is 1. The smallest absolute Gasteiger partial charge is 0.271 e. The van der Waals surface area contributed by atoms with Crippen LogP contribution in [-0.2, 0) is 10.7 Å². The Morgan fingerprint density at radius 2 is 2.30 bits per heavy atom. The molecule has 1 aromatic heterocycles. The molecule has 0 radical (unpaired) electrons. The van der Waals surface area contributed by atoms with Gasteiger partial charge in [-0.2, -0.15) is 5.10 Å². The van der Waals surface area contributed by atoms with E-state index in [4.69, 9.17) is 0 Å². The Labute approximate surface area is 118 Å². The van der Waals surface area contributed by atoms with E-state index in [0.717, 1.165) is 5.39 Å². The molecule has 0 amide bonds. The third-order valence-corrected chi connectivity index (χ3v) is 4.19.